The molecule has 0 spiro atoms. The minimum atomic E-state index is -0.242. The molecule has 1 fully saturated rings. The van der Waals surface area contributed by atoms with Gasteiger partial charge in [-0.3, -0.25) is 15.1 Å². The highest BCUT2D eigenvalue weighted by Crippen LogP contribution is 2.22. The maximum atomic E-state index is 11.3. The minimum Gasteiger partial charge on any atom is -0.393 e. The monoisotopic (exact) mass is 269 g/mol. The van der Waals surface area contributed by atoms with Crippen LogP contribution in [-0.2, 0) is 6.54 Å². The first-order valence-corrected chi connectivity index (χ1v) is 6.92. The summed E-state index contributed by atoms with van der Waals surface area (Å²) in [5.41, 5.74) is 2.14. The number of piperidine rings is 1. The van der Waals surface area contributed by atoms with Gasteiger partial charge in [-0.05, 0) is 24.5 Å². The third-order valence-electron chi connectivity index (χ3n) is 3.34. The van der Waals surface area contributed by atoms with E-state index in [9.17, 15) is 9.90 Å². The molecule has 18 heavy (non-hydrogen) atoms. The lowest BCUT2D eigenvalue weighted by Crippen LogP contribution is -2.41. The number of thiophene rings is 1. The number of nitrogens with zero attached hydrogens (tertiary/aromatic N) is 1. The second-order valence-electron chi connectivity index (χ2n) is 4.81. The number of nitrogens with two attached hydrogens (primary N) is 1. The summed E-state index contributed by atoms with van der Waals surface area (Å²) in [5, 5.41) is 9.68. The Balaban J connectivity index is 1.93. The Morgan fingerprint density at radius 1 is 1.67 bits per heavy atom. The molecule has 5 nitrogen and oxygen atoms in total. The van der Waals surface area contributed by atoms with Gasteiger partial charge in [0.05, 0.1) is 11.0 Å². The molecular formula is C12H19N3O2S. The van der Waals surface area contributed by atoms with Gasteiger partial charge in [-0.1, -0.05) is 6.92 Å². The van der Waals surface area contributed by atoms with E-state index in [1.165, 1.54) is 11.3 Å². The van der Waals surface area contributed by atoms with Crippen LogP contribution < -0.4 is 11.3 Å². The number of rotatable bonds is 3. The van der Waals surface area contributed by atoms with Crippen molar-refractivity contribution in [1.29, 1.82) is 0 Å². The van der Waals surface area contributed by atoms with Crippen molar-refractivity contribution in [3.05, 3.63) is 21.9 Å². The SMILES string of the molecule is CC1CN(Cc2ccc(C(=O)NN)s2)CCC1O. The van der Waals surface area contributed by atoms with E-state index in [4.69, 9.17) is 5.84 Å². The fourth-order valence-corrected chi connectivity index (χ4v) is 3.19. The van der Waals surface area contributed by atoms with E-state index in [2.05, 4.69) is 17.2 Å². The van der Waals surface area contributed by atoms with Crippen LogP contribution in [0.2, 0.25) is 0 Å². The highest BCUT2D eigenvalue weighted by molar-refractivity contribution is 7.14. The van der Waals surface area contributed by atoms with E-state index >= 15 is 0 Å². The first-order valence-electron chi connectivity index (χ1n) is 6.10. The second kappa shape index (κ2) is 5.79. The Morgan fingerprint density at radius 3 is 3.11 bits per heavy atom. The molecular weight excluding hydrogens is 250 g/mol. The molecule has 0 bridgehead atoms. The number of carbonyl (C=O) groups is 1. The van der Waals surface area contributed by atoms with E-state index in [0.717, 1.165) is 30.9 Å². The van der Waals surface area contributed by atoms with Gasteiger partial charge in [-0.25, -0.2) is 5.84 Å². The van der Waals surface area contributed by atoms with E-state index in [0.29, 0.717) is 10.8 Å². The van der Waals surface area contributed by atoms with E-state index in [1.54, 1.807) is 6.07 Å². The Morgan fingerprint density at radius 2 is 2.44 bits per heavy atom. The van der Waals surface area contributed by atoms with Crippen LogP contribution in [0.15, 0.2) is 12.1 Å². The van der Waals surface area contributed by atoms with Gasteiger partial charge in [0.1, 0.15) is 0 Å². The van der Waals surface area contributed by atoms with Gasteiger partial charge < -0.3 is 5.11 Å². The molecule has 2 atom stereocenters. The first-order chi connectivity index (χ1) is 8.60. The number of hydrogen-bond donors (Lipinski definition) is 3. The van der Waals surface area contributed by atoms with Gasteiger partial charge in [0, 0.05) is 24.5 Å². The molecule has 1 aromatic rings. The lowest BCUT2D eigenvalue weighted by molar-refractivity contribution is 0.0324. The van der Waals surface area contributed by atoms with Crippen molar-refractivity contribution in [1.82, 2.24) is 10.3 Å². The van der Waals surface area contributed by atoms with Crippen LogP contribution in [-0.4, -0.2) is 35.1 Å². The highest BCUT2D eigenvalue weighted by atomic mass is 32.1. The predicted octanol–water partition coefficient (Wildman–Crippen LogP) is 0.554. The Kier molecular flexibility index (Phi) is 4.34. The lowest BCUT2D eigenvalue weighted by atomic mass is 9.97. The Bertz CT molecular complexity index is 421. The summed E-state index contributed by atoms with van der Waals surface area (Å²) in [5.74, 6) is 5.17. The molecule has 100 valence electrons. The molecule has 0 saturated carbocycles. The van der Waals surface area contributed by atoms with E-state index < -0.39 is 0 Å². The molecule has 1 aliphatic heterocycles. The van der Waals surface area contributed by atoms with Crippen LogP contribution in [0.5, 0.6) is 0 Å². The number of aliphatic hydroxyl groups is 1. The third kappa shape index (κ3) is 3.08. The van der Waals surface area contributed by atoms with Crippen molar-refractivity contribution in [3.63, 3.8) is 0 Å². The number of likely N-dealkylation sites (tertiary alicyclic amines) is 1. The Labute approximate surface area is 111 Å². The average molecular weight is 269 g/mol. The van der Waals surface area contributed by atoms with Crippen LogP contribution in [0.25, 0.3) is 0 Å². The molecule has 0 radical (unpaired) electrons. The minimum absolute atomic E-state index is 0.178. The van der Waals surface area contributed by atoms with Gasteiger partial charge in [0.2, 0.25) is 0 Å². The van der Waals surface area contributed by atoms with Gasteiger partial charge in [0.15, 0.2) is 0 Å². The van der Waals surface area contributed by atoms with Crippen LogP contribution in [0.3, 0.4) is 0 Å². The number of hydrogen-bond acceptors (Lipinski definition) is 5. The number of hydrazine groups is 1. The number of carbonyl (C=O) groups excluding carboxylic acids is 1. The zero-order valence-corrected chi connectivity index (χ0v) is 11.2. The largest absolute Gasteiger partial charge is 0.393 e. The van der Waals surface area contributed by atoms with Crippen molar-refractivity contribution >= 4 is 17.2 Å². The molecule has 2 unspecified atom stereocenters. The smallest absolute Gasteiger partial charge is 0.275 e. The van der Waals surface area contributed by atoms with E-state index in [1.807, 2.05) is 6.07 Å². The summed E-state index contributed by atoms with van der Waals surface area (Å²) in [4.78, 5) is 15.4. The molecule has 1 aliphatic rings. The third-order valence-corrected chi connectivity index (χ3v) is 4.41. The molecule has 2 heterocycles. The summed E-state index contributed by atoms with van der Waals surface area (Å²) in [6.45, 7) is 4.71. The summed E-state index contributed by atoms with van der Waals surface area (Å²) in [7, 11) is 0. The van der Waals surface area contributed by atoms with Crippen LogP contribution in [0.4, 0.5) is 0 Å². The standard InChI is InChI=1S/C12H19N3O2S/c1-8-6-15(5-4-10(8)16)7-9-2-3-11(18-9)12(17)14-13/h2-3,8,10,16H,4-7,13H2,1H3,(H,14,17). The first kappa shape index (κ1) is 13.5. The van der Waals surface area contributed by atoms with Crippen LogP contribution >= 0.6 is 11.3 Å². The van der Waals surface area contributed by atoms with E-state index in [-0.39, 0.29) is 12.0 Å². The predicted molar refractivity (Wildman–Crippen MR) is 71.0 cm³/mol. The fraction of sp³-hybridized carbons (Fsp3) is 0.583. The van der Waals surface area contributed by atoms with Gasteiger partial charge in [-0.15, -0.1) is 11.3 Å². The number of aliphatic hydroxyl groups excluding tert-OH is 1. The normalized spacial score (nSPS) is 25.1. The van der Waals surface area contributed by atoms with Gasteiger partial charge in [0.25, 0.3) is 5.91 Å². The number of amides is 1. The van der Waals surface area contributed by atoms with Crippen molar-refractivity contribution < 1.29 is 9.90 Å². The van der Waals surface area contributed by atoms with Gasteiger partial charge >= 0.3 is 0 Å². The highest BCUT2D eigenvalue weighted by Gasteiger charge is 2.24. The van der Waals surface area contributed by atoms with Crippen molar-refractivity contribution in [3.8, 4) is 0 Å². The molecule has 1 amide bonds. The summed E-state index contributed by atoms with van der Waals surface area (Å²) in [6, 6.07) is 3.76. The van der Waals surface area contributed by atoms with Crippen LogP contribution in [0.1, 0.15) is 27.9 Å². The average Bonchev–Trinajstić information content (AvgIpc) is 2.81. The van der Waals surface area contributed by atoms with Crippen molar-refractivity contribution in [2.24, 2.45) is 11.8 Å². The van der Waals surface area contributed by atoms with Crippen molar-refractivity contribution in [2.45, 2.75) is 26.0 Å². The molecule has 0 aliphatic carbocycles. The second-order valence-corrected chi connectivity index (χ2v) is 5.98. The maximum absolute atomic E-state index is 11.3. The molecule has 2 rings (SSSR count). The molecule has 4 N–H and O–H groups in total. The molecule has 6 heteroatoms. The topological polar surface area (TPSA) is 78.6 Å². The zero-order valence-electron chi connectivity index (χ0n) is 10.4. The van der Waals surface area contributed by atoms with Gasteiger partial charge in [-0.2, -0.15) is 0 Å². The maximum Gasteiger partial charge on any atom is 0.275 e. The zero-order chi connectivity index (χ0) is 13.1. The quantitative estimate of drug-likeness (QED) is 0.425. The number of nitrogens with one attached hydrogen (secondary N) is 1. The number of nitrogen functional groups attached to an aromatic ring is 1. The molecule has 1 saturated heterocycles. The molecule has 0 aromatic carbocycles. The summed E-state index contributed by atoms with van der Waals surface area (Å²) >= 11 is 1.47. The summed E-state index contributed by atoms with van der Waals surface area (Å²) in [6.07, 6.45) is 0.644. The lowest BCUT2D eigenvalue weighted by Gasteiger charge is -2.34. The molecule has 1 aromatic heterocycles. The Hall–Kier alpha value is -0.950. The van der Waals surface area contributed by atoms with Crippen molar-refractivity contribution in [2.75, 3.05) is 13.1 Å². The summed E-state index contributed by atoms with van der Waals surface area (Å²) < 4.78 is 0. The fourth-order valence-electron chi connectivity index (χ4n) is 2.24. The van der Waals surface area contributed by atoms with Crippen LogP contribution in [0, 0.1) is 5.92 Å².